The molecule has 0 spiro atoms. The Bertz CT molecular complexity index is 427. The molecule has 0 radical (unpaired) electrons. The first-order valence-electron chi connectivity index (χ1n) is 5.86. The van der Waals surface area contributed by atoms with Gasteiger partial charge in [0.05, 0.1) is 5.54 Å². The van der Waals surface area contributed by atoms with E-state index in [-0.39, 0.29) is 17.6 Å². The third-order valence-corrected chi connectivity index (χ3v) is 3.39. The molecule has 1 fully saturated rings. The summed E-state index contributed by atoms with van der Waals surface area (Å²) in [7, 11) is 0. The SMILES string of the molecule is CC(C)NC(=O)NC1(c2cccc(Br)c2)CC1. The number of carbonyl (C=O) groups excluding carboxylic acids is 1. The van der Waals surface area contributed by atoms with Crippen LogP contribution in [0.1, 0.15) is 32.3 Å². The van der Waals surface area contributed by atoms with Gasteiger partial charge in [-0.1, -0.05) is 28.1 Å². The van der Waals surface area contributed by atoms with Crippen LogP contribution in [0.25, 0.3) is 0 Å². The molecular formula is C13H17BrN2O. The second-order valence-electron chi connectivity index (χ2n) is 4.85. The molecule has 92 valence electrons. The molecule has 2 amide bonds. The molecule has 0 unspecified atom stereocenters. The second-order valence-corrected chi connectivity index (χ2v) is 5.76. The molecule has 4 heteroatoms. The Balaban J connectivity index is 2.07. The Morgan fingerprint density at radius 1 is 1.41 bits per heavy atom. The number of halogens is 1. The van der Waals surface area contributed by atoms with Crippen LogP contribution >= 0.6 is 15.9 Å². The fourth-order valence-corrected chi connectivity index (χ4v) is 2.31. The quantitative estimate of drug-likeness (QED) is 0.884. The summed E-state index contributed by atoms with van der Waals surface area (Å²) in [6, 6.07) is 8.21. The molecule has 2 rings (SSSR count). The predicted molar refractivity (Wildman–Crippen MR) is 71.9 cm³/mol. The Kier molecular flexibility index (Phi) is 3.43. The van der Waals surface area contributed by atoms with Crippen molar-refractivity contribution < 1.29 is 4.79 Å². The third kappa shape index (κ3) is 3.00. The number of carbonyl (C=O) groups is 1. The van der Waals surface area contributed by atoms with Gasteiger partial charge in [0.1, 0.15) is 0 Å². The van der Waals surface area contributed by atoms with E-state index in [1.54, 1.807) is 0 Å². The van der Waals surface area contributed by atoms with Gasteiger partial charge < -0.3 is 10.6 Å². The van der Waals surface area contributed by atoms with E-state index in [4.69, 9.17) is 0 Å². The molecule has 0 aliphatic heterocycles. The van der Waals surface area contributed by atoms with E-state index < -0.39 is 0 Å². The van der Waals surface area contributed by atoms with E-state index in [9.17, 15) is 4.79 Å². The van der Waals surface area contributed by atoms with Crippen molar-refractivity contribution in [2.45, 2.75) is 38.3 Å². The summed E-state index contributed by atoms with van der Waals surface area (Å²) in [4.78, 5) is 11.7. The van der Waals surface area contributed by atoms with Gasteiger partial charge >= 0.3 is 6.03 Å². The normalized spacial score (nSPS) is 16.7. The lowest BCUT2D eigenvalue weighted by Crippen LogP contribution is -2.44. The molecule has 1 saturated carbocycles. The molecule has 3 nitrogen and oxygen atoms in total. The minimum Gasteiger partial charge on any atom is -0.336 e. The summed E-state index contributed by atoms with van der Waals surface area (Å²) in [5.41, 5.74) is 1.02. The van der Waals surface area contributed by atoms with E-state index >= 15 is 0 Å². The van der Waals surface area contributed by atoms with Crippen molar-refractivity contribution in [2.24, 2.45) is 0 Å². The maximum absolute atomic E-state index is 11.7. The predicted octanol–water partition coefficient (Wildman–Crippen LogP) is 3.15. The molecule has 1 aliphatic carbocycles. The number of nitrogens with one attached hydrogen (secondary N) is 2. The summed E-state index contributed by atoms with van der Waals surface area (Å²) >= 11 is 3.46. The van der Waals surface area contributed by atoms with Gasteiger partial charge in [-0.3, -0.25) is 0 Å². The van der Waals surface area contributed by atoms with Gasteiger partial charge in [0.15, 0.2) is 0 Å². The van der Waals surface area contributed by atoms with Gasteiger partial charge in [0, 0.05) is 10.5 Å². The van der Waals surface area contributed by atoms with Crippen molar-refractivity contribution in [3.05, 3.63) is 34.3 Å². The third-order valence-electron chi connectivity index (χ3n) is 2.90. The monoisotopic (exact) mass is 296 g/mol. The molecule has 0 saturated heterocycles. The summed E-state index contributed by atoms with van der Waals surface area (Å²) in [6.45, 7) is 3.91. The van der Waals surface area contributed by atoms with Crippen LogP contribution < -0.4 is 10.6 Å². The van der Waals surface area contributed by atoms with Gasteiger partial charge in [0.2, 0.25) is 0 Å². The highest BCUT2D eigenvalue weighted by molar-refractivity contribution is 9.10. The highest BCUT2D eigenvalue weighted by Crippen LogP contribution is 2.45. The minimum atomic E-state index is -0.150. The fraction of sp³-hybridized carbons (Fsp3) is 0.462. The first-order chi connectivity index (χ1) is 8.02. The van der Waals surface area contributed by atoms with Crippen LogP contribution in [-0.2, 0) is 5.54 Å². The summed E-state index contributed by atoms with van der Waals surface area (Å²) < 4.78 is 1.05. The molecule has 0 bridgehead atoms. The Morgan fingerprint density at radius 3 is 2.65 bits per heavy atom. The van der Waals surface area contributed by atoms with E-state index in [0.29, 0.717) is 0 Å². The summed E-state index contributed by atoms with van der Waals surface area (Å²) in [5.74, 6) is 0. The molecule has 0 heterocycles. The van der Waals surface area contributed by atoms with Crippen LogP contribution in [-0.4, -0.2) is 12.1 Å². The van der Waals surface area contributed by atoms with Crippen molar-refractivity contribution in [2.75, 3.05) is 0 Å². The van der Waals surface area contributed by atoms with Gasteiger partial charge in [-0.15, -0.1) is 0 Å². The van der Waals surface area contributed by atoms with Gasteiger partial charge in [0.25, 0.3) is 0 Å². The lowest BCUT2D eigenvalue weighted by Gasteiger charge is -2.19. The van der Waals surface area contributed by atoms with Crippen LogP contribution in [0, 0.1) is 0 Å². The Morgan fingerprint density at radius 2 is 2.12 bits per heavy atom. The maximum Gasteiger partial charge on any atom is 0.315 e. The van der Waals surface area contributed by atoms with Crippen molar-refractivity contribution in [3.8, 4) is 0 Å². The van der Waals surface area contributed by atoms with Crippen LogP contribution in [0.4, 0.5) is 4.79 Å². The largest absolute Gasteiger partial charge is 0.336 e. The zero-order valence-corrected chi connectivity index (χ0v) is 11.7. The van der Waals surface area contributed by atoms with Crippen LogP contribution in [0.15, 0.2) is 28.7 Å². The smallest absolute Gasteiger partial charge is 0.315 e. The molecular weight excluding hydrogens is 280 g/mol. The zero-order valence-electron chi connectivity index (χ0n) is 10.1. The van der Waals surface area contributed by atoms with E-state index in [1.165, 1.54) is 5.56 Å². The van der Waals surface area contributed by atoms with Crippen LogP contribution in [0.3, 0.4) is 0 Å². The summed E-state index contributed by atoms with van der Waals surface area (Å²) in [5, 5.41) is 5.93. The van der Waals surface area contributed by atoms with Crippen LogP contribution in [0.5, 0.6) is 0 Å². The van der Waals surface area contributed by atoms with Gasteiger partial charge in [-0.05, 0) is 44.4 Å². The van der Waals surface area contributed by atoms with Crippen LogP contribution in [0.2, 0.25) is 0 Å². The Hall–Kier alpha value is -1.03. The van der Waals surface area contributed by atoms with Crippen molar-refractivity contribution in [3.63, 3.8) is 0 Å². The molecule has 1 aromatic rings. The van der Waals surface area contributed by atoms with Crippen molar-refractivity contribution >= 4 is 22.0 Å². The average Bonchev–Trinajstić information content (AvgIpc) is 2.97. The first kappa shape index (κ1) is 12.4. The summed E-state index contributed by atoms with van der Waals surface area (Å²) in [6.07, 6.45) is 2.02. The molecule has 0 atom stereocenters. The first-order valence-corrected chi connectivity index (χ1v) is 6.66. The van der Waals surface area contributed by atoms with Gasteiger partial charge in [-0.2, -0.15) is 0 Å². The number of rotatable bonds is 3. The van der Waals surface area contributed by atoms with E-state index in [1.807, 2.05) is 26.0 Å². The highest BCUT2D eigenvalue weighted by atomic mass is 79.9. The molecule has 0 aromatic heterocycles. The number of benzene rings is 1. The number of hydrogen-bond acceptors (Lipinski definition) is 1. The molecule has 1 aromatic carbocycles. The minimum absolute atomic E-state index is 0.0857. The van der Waals surface area contributed by atoms with E-state index in [2.05, 4.69) is 38.7 Å². The highest BCUT2D eigenvalue weighted by Gasteiger charge is 2.45. The lowest BCUT2D eigenvalue weighted by molar-refractivity contribution is 0.233. The average molecular weight is 297 g/mol. The Labute approximate surface area is 110 Å². The molecule has 17 heavy (non-hydrogen) atoms. The molecule has 1 aliphatic rings. The number of hydrogen-bond donors (Lipinski definition) is 2. The van der Waals surface area contributed by atoms with E-state index in [0.717, 1.165) is 17.3 Å². The van der Waals surface area contributed by atoms with Crippen molar-refractivity contribution in [1.82, 2.24) is 10.6 Å². The standard InChI is InChI=1S/C13H17BrN2O/c1-9(2)15-12(17)16-13(6-7-13)10-4-3-5-11(14)8-10/h3-5,8-9H,6-7H2,1-2H3,(H2,15,16,17). The topological polar surface area (TPSA) is 41.1 Å². The number of urea groups is 1. The second kappa shape index (κ2) is 4.69. The number of amides is 2. The van der Waals surface area contributed by atoms with Crippen molar-refractivity contribution in [1.29, 1.82) is 0 Å². The maximum atomic E-state index is 11.7. The fourth-order valence-electron chi connectivity index (χ4n) is 1.91. The van der Waals surface area contributed by atoms with Gasteiger partial charge in [-0.25, -0.2) is 4.79 Å². The lowest BCUT2D eigenvalue weighted by atomic mass is 10.1. The molecule has 2 N–H and O–H groups in total. The zero-order chi connectivity index (χ0) is 12.5.